The summed E-state index contributed by atoms with van der Waals surface area (Å²) in [5.41, 5.74) is 1.27. The van der Waals surface area contributed by atoms with Gasteiger partial charge in [-0.25, -0.2) is 4.98 Å². The molecule has 1 saturated carbocycles. The molecule has 0 bridgehead atoms. The number of carbonyl (C=O) groups excluding carboxylic acids is 1. The molecule has 1 aliphatic carbocycles. The molecule has 2 aromatic carbocycles. The molecule has 4 rings (SSSR count). The fourth-order valence-corrected chi connectivity index (χ4v) is 4.05. The number of para-hydroxylation sites is 1. The van der Waals surface area contributed by atoms with Crippen molar-refractivity contribution in [2.24, 2.45) is 0 Å². The minimum atomic E-state index is -0.415. The number of amides is 1. The van der Waals surface area contributed by atoms with Crippen LogP contribution in [0, 0.1) is 0 Å². The molecule has 0 spiro atoms. The average molecular weight is 400 g/mol. The van der Waals surface area contributed by atoms with E-state index in [1.165, 1.54) is 11.8 Å². The Morgan fingerprint density at radius 1 is 1.26 bits per heavy atom. The fourth-order valence-electron chi connectivity index (χ4n) is 2.89. The molecule has 1 aromatic heterocycles. The van der Waals surface area contributed by atoms with Crippen LogP contribution in [0.25, 0.3) is 10.9 Å². The first-order valence-electron chi connectivity index (χ1n) is 8.77. The maximum absolute atomic E-state index is 12.9. The van der Waals surface area contributed by atoms with E-state index in [1.54, 1.807) is 34.9 Å². The Bertz CT molecular complexity index is 1080. The van der Waals surface area contributed by atoms with Crippen molar-refractivity contribution in [3.8, 4) is 0 Å². The van der Waals surface area contributed by atoms with Crippen LogP contribution in [-0.4, -0.2) is 20.7 Å². The second kappa shape index (κ2) is 7.37. The molecule has 1 aliphatic rings. The van der Waals surface area contributed by atoms with Crippen LogP contribution in [0.5, 0.6) is 0 Å². The van der Waals surface area contributed by atoms with E-state index in [-0.39, 0.29) is 17.5 Å². The molecule has 1 atom stereocenters. The minimum Gasteiger partial charge on any atom is -0.325 e. The highest BCUT2D eigenvalue weighted by Gasteiger charge is 2.30. The van der Waals surface area contributed by atoms with E-state index in [1.807, 2.05) is 25.1 Å². The number of aromatic nitrogens is 2. The predicted octanol–water partition coefficient (Wildman–Crippen LogP) is 4.50. The Hall–Kier alpha value is -2.31. The number of benzene rings is 2. The molecule has 1 heterocycles. The van der Waals surface area contributed by atoms with Gasteiger partial charge in [-0.1, -0.05) is 41.6 Å². The summed E-state index contributed by atoms with van der Waals surface area (Å²) in [4.78, 5) is 30.2. The van der Waals surface area contributed by atoms with Crippen LogP contribution >= 0.6 is 23.4 Å². The van der Waals surface area contributed by atoms with Gasteiger partial charge in [0.1, 0.15) is 0 Å². The van der Waals surface area contributed by atoms with Gasteiger partial charge in [0, 0.05) is 16.8 Å². The van der Waals surface area contributed by atoms with Crippen molar-refractivity contribution in [3.63, 3.8) is 0 Å². The quantitative estimate of drug-likeness (QED) is 0.506. The molecule has 5 nitrogen and oxygen atoms in total. The first kappa shape index (κ1) is 18.1. The average Bonchev–Trinajstić information content (AvgIpc) is 3.47. The van der Waals surface area contributed by atoms with Gasteiger partial charge in [0.15, 0.2) is 5.16 Å². The van der Waals surface area contributed by atoms with E-state index in [9.17, 15) is 9.59 Å². The molecule has 1 fully saturated rings. The second-order valence-corrected chi connectivity index (χ2v) is 8.32. The molecule has 0 radical (unpaired) electrons. The Morgan fingerprint density at radius 3 is 2.78 bits per heavy atom. The fraction of sp³-hybridized carbons (Fsp3) is 0.250. The lowest BCUT2D eigenvalue weighted by Gasteiger charge is -2.16. The lowest BCUT2D eigenvalue weighted by atomic mass is 10.2. The van der Waals surface area contributed by atoms with E-state index in [2.05, 4.69) is 10.3 Å². The maximum atomic E-state index is 12.9. The van der Waals surface area contributed by atoms with Gasteiger partial charge in [0.05, 0.1) is 16.2 Å². The lowest BCUT2D eigenvalue weighted by Crippen LogP contribution is -2.26. The molecule has 0 saturated heterocycles. The van der Waals surface area contributed by atoms with E-state index in [0.717, 1.165) is 12.8 Å². The van der Waals surface area contributed by atoms with Crippen LogP contribution in [0.2, 0.25) is 5.02 Å². The Kier molecular flexibility index (Phi) is 4.93. The van der Waals surface area contributed by atoms with Crippen molar-refractivity contribution < 1.29 is 4.79 Å². The number of fused-ring (bicyclic) bond motifs is 1. The molecule has 1 N–H and O–H groups in total. The number of carbonyl (C=O) groups is 1. The number of rotatable bonds is 5. The molecular formula is C20H18ClN3O2S. The van der Waals surface area contributed by atoms with Gasteiger partial charge < -0.3 is 5.32 Å². The predicted molar refractivity (Wildman–Crippen MR) is 110 cm³/mol. The molecule has 7 heteroatoms. The summed E-state index contributed by atoms with van der Waals surface area (Å²) >= 11 is 7.27. The number of nitrogens with one attached hydrogen (secondary N) is 1. The number of nitrogens with zero attached hydrogens (tertiary/aromatic N) is 2. The normalized spacial score (nSPS) is 14.9. The van der Waals surface area contributed by atoms with E-state index < -0.39 is 5.25 Å². The van der Waals surface area contributed by atoms with Gasteiger partial charge in [-0.2, -0.15) is 0 Å². The zero-order valence-electron chi connectivity index (χ0n) is 14.7. The summed E-state index contributed by atoms with van der Waals surface area (Å²) in [5, 5.41) is 4.21. The maximum Gasteiger partial charge on any atom is 0.262 e. The summed E-state index contributed by atoms with van der Waals surface area (Å²) in [7, 11) is 0. The number of hydrogen-bond acceptors (Lipinski definition) is 4. The molecule has 138 valence electrons. The van der Waals surface area contributed by atoms with Gasteiger partial charge in [0.2, 0.25) is 5.91 Å². The van der Waals surface area contributed by atoms with Crippen molar-refractivity contribution in [2.45, 2.75) is 36.2 Å². The van der Waals surface area contributed by atoms with Crippen molar-refractivity contribution in [1.82, 2.24) is 9.55 Å². The number of anilines is 1. The van der Waals surface area contributed by atoms with Gasteiger partial charge in [-0.15, -0.1) is 0 Å². The Morgan fingerprint density at radius 2 is 2.04 bits per heavy atom. The third-order valence-electron chi connectivity index (χ3n) is 4.43. The first-order chi connectivity index (χ1) is 13.0. The van der Waals surface area contributed by atoms with Crippen LogP contribution in [0.1, 0.15) is 25.8 Å². The highest BCUT2D eigenvalue weighted by atomic mass is 35.5. The number of thioether (sulfide) groups is 1. The van der Waals surface area contributed by atoms with Gasteiger partial charge in [-0.05, 0) is 50.1 Å². The summed E-state index contributed by atoms with van der Waals surface area (Å²) in [6.07, 6.45) is 1.94. The molecule has 27 heavy (non-hydrogen) atoms. The zero-order chi connectivity index (χ0) is 19.0. The van der Waals surface area contributed by atoms with Crippen molar-refractivity contribution in [1.29, 1.82) is 0 Å². The van der Waals surface area contributed by atoms with Gasteiger partial charge in [-0.3, -0.25) is 14.2 Å². The topological polar surface area (TPSA) is 64.0 Å². The monoisotopic (exact) mass is 399 g/mol. The molecule has 3 aromatic rings. The smallest absolute Gasteiger partial charge is 0.262 e. The van der Waals surface area contributed by atoms with Crippen LogP contribution in [0.4, 0.5) is 5.69 Å². The molecule has 1 amide bonds. The van der Waals surface area contributed by atoms with E-state index in [4.69, 9.17) is 11.6 Å². The highest BCUT2D eigenvalue weighted by Crippen LogP contribution is 2.37. The highest BCUT2D eigenvalue weighted by molar-refractivity contribution is 8.00. The SMILES string of the molecule is CC(Sc1nc2ccccc2c(=O)n1C1CC1)C(=O)Nc1cccc(Cl)c1. The van der Waals surface area contributed by atoms with Crippen LogP contribution < -0.4 is 10.9 Å². The second-order valence-electron chi connectivity index (χ2n) is 6.58. The molecule has 1 unspecified atom stereocenters. The Balaban J connectivity index is 1.61. The lowest BCUT2D eigenvalue weighted by molar-refractivity contribution is -0.115. The summed E-state index contributed by atoms with van der Waals surface area (Å²) in [6.45, 7) is 1.81. The summed E-state index contributed by atoms with van der Waals surface area (Å²) in [6, 6.07) is 14.5. The largest absolute Gasteiger partial charge is 0.325 e. The van der Waals surface area contributed by atoms with Crippen LogP contribution in [0.15, 0.2) is 58.5 Å². The summed E-state index contributed by atoms with van der Waals surface area (Å²) in [5.74, 6) is -0.160. The van der Waals surface area contributed by atoms with Crippen molar-refractivity contribution in [3.05, 3.63) is 63.9 Å². The van der Waals surface area contributed by atoms with Crippen molar-refractivity contribution in [2.75, 3.05) is 5.32 Å². The zero-order valence-corrected chi connectivity index (χ0v) is 16.3. The standard InChI is InChI=1S/C20H18ClN3O2S/c1-12(18(25)22-14-6-4-5-13(21)11-14)27-20-23-17-8-3-2-7-16(17)19(26)24(20)15-9-10-15/h2-8,11-12,15H,9-10H2,1H3,(H,22,25). The minimum absolute atomic E-state index is 0.0342. The summed E-state index contributed by atoms with van der Waals surface area (Å²) < 4.78 is 1.75. The van der Waals surface area contributed by atoms with E-state index >= 15 is 0 Å². The first-order valence-corrected chi connectivity index (χ1v) is 10.0. The molecule has 0 aliphatic heterocycles. The third kappa shape index (κ3) is 3.87. The third-order valence-corrected chi connectivity index (χ3v) is 5.73. The van der Waals surface area contributed by atoms with Crippen LogP contribution in [-0.2, 0) is 4.79 Å². The van der Waals surface area contributed by atoms with E-state index in [0.29, 0.717) is 26.8 Å². The van der Waals surface area contributed by atoms with Gasteiger partial charge in [0.25, 0.3) is 5.56 Å². The molecular weight excluding hydrogens is 382 g/mol. The van der Waals surface area contributed by atoms with Crippen LogP contribution in [0.3, 0.4) is 0 Å². The Labute approximate surface area is 165 Å². The number of hydrogen-bond donors (Lipinski definition) is 1. The van der Waals surface area contributed by atoms with Crippen molar-refractivity contribution >= 4 is 45.9 Å². The number of halogens is 1. The van der Waals surface area contributed by atoms with Gasteiger partial charge >= 0.3 is 0 Å².